The third-order valence-electron chi connectivity index (χ3n) is 2.11. The molecule has 0 aromatic heterocycles. The second-order valence-corrected chi connectivity index (χ2v) is 4.47. The Hall–Kier alpha value is -0.164. The second kappa shape index (κ2) is 13.3. The molecule has 7 nitrogen and oxygen atoms in total. The van der Waals surface area contributed by atoms with Crippen molar-refractivity contribution in [3.8, 4) is 0 Å². The van der Waals surface area contributed by atoms with E-state index in [1.54, 1.807) is 19.9 Å². The fraction of sp³-hybridized carbons (Fsp3) is 0.385. The summed E-state index contributed by atoms with van der Waals surface area (Å²) in [6.45, 7) is 3.23. The van der Waals surface area contributed by atoms with E-state index in [0.717, 1.165) is 0 Å². The SMILES string of the molecule is CCOC(=O)C(=O)Cc1cccc(Br)c1[N+](=O)[O-].CC[O-].[K+]. The van der Waals surface area contributed by atoms with Gasteiger partial charge in [0.05, 0.1) is 16.0 Å². The summed E-state index contributed by atoms with van der Waals surface area (Å²) in [7, 11) is 0. The van der Waals surface area contributed by atoms with E-state index >= 15 is 0 Å². The number of ether oxygens (including phenoxy) is 1. The molecule has 9 heteroatoms. The molecule has 1 aromatic carbocycles. The van der Waals surface area contributed by atoms with Crippen molar-refractivity contribution in [1.82, 2.24) is 0 Å². The molecule has 0 saturated carbocycles. The van der Waals surface area contributed by atoms with Crippen molar-refractivity contribution in [2.24, 2.45) is 0 Å². The quantitative estimate of drug-likeness (QED) is 0.194. The van der Waals surface area contributed by atoms with Crippen LogP contribution in [0.15, 0.2) is 22.7 Å². The van der Waals surface area contributed by atoms with Crippen LogP contribution in [0.25, 0.3) is 0 Å². The minimum absolute atomic E-state index is 0. The number of nitro benzene ring substituents is 1. The molecule has 0 aliphatic rings. The van der Waals surface area contributed by atoms with Gasteiger partial charge < -0.3 is 9.84 Å². The molecule has 0 spiro atoms. The molecule has 22 heavy (non-hydrogen) atoms. The topological polar surface area (TPSA) is 110 Å². The molecule has 0 aliphatic heterocycles. The minimum Gasteiger partial charge on any atom is -0.855 e. The summed E-state index contributed by atoms with van der Waals surface area (Å²) in [6.07, 6.45) is -0.353. The van der Waals surface area contributed by atoms with Gasteiger partial charge in [0.15, 0.2) is 0 Å². The number of carbonyl (C=O) groups excluding carboxylic acids is 2. The van der Waals surface area contributed by atoms with Gasteiger partial charge in [-0.05, 0) is 28.9 Å². The Morgan fingerprint density at radius 3 is 2.32 bits per heavy atom. The Kier molecular flexibility index (Phi) is 14.6. The molecular weight excluding hydrogens is 385 g/mol. The average molecular weight is 400 g/mol. The number of hydrogen-bond acceptors (Lipinski definition) is 6. The monoisotopic (exact) mass is 399 g/mol. The zero-order chi connectivity index (χ0) is 16.4. The summed E-state index contributed by atoms with van der Waals surface area (Å²) in [5.41, 5.74) is -0.0393. The van der Waals surface area contributed by atoms with E-state index in [4.69, 9.17) is 5.11 Å². The number of benzene rings is 1. The van der Waals surface area contributed by atoms with E-state index in [9.17, 15) is 19.7 Å². The molecule has 0 atom stereocenters. The van der Waals surface area contributed by atoms with Crippen LogP contribution in [0.1, 0.15) is 19.4 Å². The molecule has 1 rings (SSSR count). The van der Waals surface area contributed by atoms with Crippen LogP contribution in [0.5, 0.6) is 0 Å². The molecule has 0 N–H and O–H groups in total. The van der Waals surface area contributed by atoms with Gasteiger partial charge in [-0.1, -0.05) is 19.1 Å². The Morgan fingerprint density at radius 1 is 1.32 bits per heavy atom. The first-order valence-electron chi connectivity index (χ1n) is 6.08. The van der Waals surface area contributed by atoms with Crippen molar-refractivity contribution in [3.63, 3.8) is 0 Å². The van der Waals surface area contributed by atoms with Gasteiger partial charge in [0.25, 0.3) is 5.69 Å². The van der Waals surface area contributed by atoms with E-state index in [1.807, 2.05) is 0 Å². The van der Waals surface area contributed by atoms with Gasteiger partial charge in [-0.25, -0.2) is 4.79 Å². The number of Topliss-reactive ketones (excluding diaryl/α,β-unsaturated/α-hetero) is 1. The van der Waals surface area contributed by atoms with Gasteiger partial charge in [-0.2, -0.15) is 0 Å². The van der Waals surface area contributed by atoms with E-state index in [0.29, 0.717) is 0 Å². The summed E-state index contributed by atoms with van der Waals surface area (Å²) < 4.78 is 4.80. The Balaban J connectivity index is 0. The molecule has 116 valence electrons. The fourth-order valence-electron chi connectivity index (χ4n) is 1.36. The van der Waals surface area contributed by atoms with Gasteiger partial charge in [0.1, 0.15) is 0 Å². The van der Waals surface area contributed by atoms with E-state index in [2.05, 4.69) is 20.7 Å². The first-order chi connectivity index (χ1) is 9.88. The molecule has 1 aromatic rings. The van der Waals surface area contributed by atoms with Crippen LogP contribution in [0.3, 0.4) is 0 Å². The Bertz CT molecular complexity index is 523. The molecule has 0 bridgehead atoms. The van der Waals surface area contributed by atoms with Crippen molar-refractivity contribution in [1.29, 1.82) is 0 Å². The number of rotatable bonds is 5. The van der Waals surface area contributed by atoms with Crippen molar-refractivity contribution in [2.75, 3.05) is 13.2 Å². The van der Waals surface area contributed by atoms with Gasteiger partial charge in [-0.3, -0.25) is 14.9 Å². The van der Waals surface area contributed by atoms with Gasteiger partial charge in [0, 0.05) is 12.0 Å². The smallest absolute Gasteiger partial charge is 0.855 e. The molecule has 0 aliphatic carbocycles. The van der Waals surface area contributed by atoms with Crippen molar-refractivity contribution in [3.05, 3.63) is 38.3 Å². The predicted molar refractivity (Wildman–Crippen MR) is 76.7 cm³/mol. The summed E-state index contributed by atoms with van der Waals surface area (Å²) in [5, 5.41) is 19.8. The van der Waals surface area contributed by atoms with Gasteiger partial charge in [0.2, 0.25) is 5.78 Å². The first-order valence-corrected chi connectivity index (χ1v) is 6.88. The third kappa shape index (κ3) is 8.46. The number of hydrogen-bond donors (Lipinski definition) is 0. The number of esters is 1. The molecular formula is C13H15BrKNO6. The number of nitro groups is 1. The maximum Gasteiger partial charge on any atom is 1.00 e. The molecule has 0 heterocycles. The third-order valence-corrected chi connectivity index (χ3v) is 2.75. The molecule has 0 fully saturated rings. The zero-order valence-electron chi connectivity index (χ0n) is 12.6. The molecule has 0 saturated heterocycles. The van der Waals surface area contributed by atoms with E-state index < -0.39 is 16.7 Å². The average Bonchev–Trinajstić information content (AvgIpc) is 2.39. The molecule has 0 unspecified atom stereocenters. The van der Waals surface area contributed by atoms with Crippen molar-refractivity contribution >= 4 is 33.4 Å². The van der Waals surface area contributed by atoms with Gasteiger partial charge >= 0.3 is 57.4 Å². The number of ketones is 1. The second-order valence-electron chi connectivity index (χ2n) is 3.61. The van der Waals surface area contributed by atoms with Crippen LogP contribution < -0.4 is 56.5 Å². The number of para-hydroxylation sites is 1. The van der Waals surface area contributed by atoms with Crippen molar-refractivity contribution in [2.45, 2.75) is 20.3 Å². The van der Waals surface area contributed by atoms with Crippen LogP contribution in [0.4, 0.5) is 5.69 Å². The Morgan fingerprint density at radius 2 is 1.86 bits per heavy atom. The molecule has 0 radical (unpaired) electrons. The maximum absolute atomic E-state index is 11.5. The zero-order valence-corrected chi connectivity index (χ0v) is 17.3. The normalized spacial score (nSPS) is 8.91. The van der Waals surface area contributed by atoms with Gasteiger partial charge in [-0.15, -0.1) is 6.61 Å². The summed E-state index contributed by atoms with van der Waals surface area (Å²) >= 11 is 3.04. The number of nitrogens with zero attached hydrogens (tertiary/aromatic N) is 1. The van der Waals surface area contributed by atoms with Crippen LogP contribution >= 0.6 is 15.9 Å². The largest absolute Gasteiger partial charge is 1.00 e. The van der Waals surface area contributed by atoms with E-state index in [1.165, 1.54) is 12.1 Å². The summed E-state index contributed by atoms with van der Waals surface area (Å²) in [6, 6.07) is 4.49. The van der Waals surface area contributed by atoms with Crippen LogP contribution in [0, 0.1) is 10.1 Å². The standard InChI is InChI=1S/C11H10BrNO5.C2H5O.K/c1-2-18-11(15)9(14)6-7-4-3-5-8(12)10(7)13(16)17;1-2-3;/h3-5H,2,6H2,1H3;2H2,1H3;/q;-1;+1. The van der Waals surface area contributed by atoms with E-state index in [-0.39, 0.29) is 86.7 Å². The Labute approximate surface area is 179 Å². The summed E-state index contributed by atoms with van der Waals surface area (Å²) in [4.78, 5) is 32.9. The van der Waals surface area contributed by atoms with Crippen LogP contribution in [0.2, 0.25) is 0 Å². The molecule has 0 amide bonds. The summed E-state index contributed by atoms with van der Waals surface area (Å²) in [5.74, 6) is -1.79. The number of carbonyl (C=O) groups is 2. The van der Waals surface area contributed by atoms with Crippen LogP contribution in [-0.2, 0) is 20.7 Å². The fourth-order valence-corrected chi connectivity index (χ4v) is 1.92. The van der Waals surface area contributed by atoms with Crippen molar-refractivity contribution < 1.29 is 75.7 Å². The minimum atomic E-state index is -0.980. The first kappa shape index (κ1) is 24.1. The predicted octanol–water partition coefficient (Wildman–Crippen LogP) is -1.60. The van der Waals surface area contributed by atoms with Crippen LogP contribution in [-0.4, -0.2) is 29.9 Å². The maximum atomic E-state index is 11.5. The number of halogens is 1.